The van der Waals surface area contributed by atoms with Crippen molar-refractivity contribution in [2.75, 3.05) is 13.1 Å². The van der Waals surface area contributed by atoms with Crippen molar-refractivity contribution in [2.45, 2.75) is 23.1 Å². The molecule has 4 rings (SSSR count). The fraction of sp³-hybridized carbons (Fsp3) is 0.333. The maximum Gasteiger partial charge on any atom is 0.252 e. The molecule has 0 N–H and O–H groups in total. The lowest BCUT2D eigenvalue weighted by molar-refractivity contribution is 0.277. The van der Waals surface area contributed by atoms with Gasteiger partial charge in [0, 0.05) is 25.3 Å². The quantitative estimate of drug-likeness (QED) is 0.729. The molecule has 0 aromatic carbocycles. The Hall–Kier alpha value is -1.77. The van der Waals surface area contributed by atoms with Crippen LogP contribution in [0.2, 0.25) is 0 Å². The highest BCUT2D eigenvalue weighted by molar-refractivity contribution is 7.91. The largest absolute Gasteiger partial charge is 0.312 e. The Morgan fingerprint density at radius 1 is 1.13 bits per heavy atom. The molecule has 3 aromatic rings. The Morgan fingerprint density at radius 3 is 2.70 bits per heavy atom. The summed E-state index contributed by atoms with van der Waals surface area (Å²) in [5, 5.41) is 1.79. The van der Waals surface area contributed by atoms with Gasteiger partial charge in [-0.2, -0.15) is 4.31 Å². The van der Waals surface area contributed by atoms with Crippen molar-refractivity contribution in [3.63, 3.8) is 0 Å². The fourth-order valence-electron chi connectivity index (χ4n) is 3.03. The van der Waals surface area contributed by atoms with Gasteiger partial charge in [-0.3, -0.25) is 0 Å². The number of rotatable bonds is 3. The lowest BCUT2D eigenvalue weighted by Crippen LogP contribution is -2.38. The average molecular weight is 348 g/mol. The maximum atomic E-state index is 12.6. The number of aromatic nitrogens is 3. The molecule has 0 aliphatic carbocycles. The van der Waals surface area contributed by atoms with Gasteiger partial charge in [-0.15, -0.1) is 11.3 Å². The van der Waals surface area contributed by atoms with Gasteiger partial charge in [-0.25, -0.2) is 18.4 Å². The van der Waals surface area contributed by atoms with Crippen LogP contribution in [0.4, 0.5) is 0 Å². The van der Waals surface area contributed by atoms with E-state index < -0.39 is 10.0 Å². The number of pyridine rings is 1. The van der Waals surface area contributed by atoms with Gasteiger partial charge >= 0.3 is 0 Å². The lowest BCUT2D eigenvalue weighted by atomic mass is 10.1. The Labute approximate surface area is 138 Å². The molecule has 0 spiro atoms. The number of hydrogen-bond donors (Lipinski definition) is 0. The van der Waals surface area contributed by atoms with Gasteiger partial charge < -0.3 is 4.57 Å². The van der Waals surface area contributed by atoms with Gasteiger partial charge in [0.25, 0.3) is 10.0 Å². The van der Waals surface area contributed by atoms with E-state index in [2.05, 4.69) is 14.5 Å². The van der Waals surface area contributed by atoms with Crippen LogP contribution < -0.4 is 0 Å². The predicted molar refractivity (Wildman–Crippen MR) is 88.9 cm³/mol. The number of nitrogens with zero attached hydrogens (tertiary/aromatic N) is 4. The molecular formula is C15H16N4O2S2. The van der Waals surface area contributed by atoms with Crippen LogP contribution in [0.5, 0.6) is 0 Å². The van der Waals surface area contributed by atoms with E-state index in [1.54, 1.807) is 28.0 Å². The first-order valence-corrected chi connectivity index (χ1v) is 9.79. The molecule has 0 bridgehead atoms. The van der Waals surface area contributed by atoms with Gasteiger partial charge in [-0.1, -0.05) is 6.07 Å². The minimum absolute atomic E-state index is 0.240. The highest BCUT2D eigenvalue weighted by Gasteiger charge is 2.31. The third-order valence-corrected chi connectivity index (χ3v) is 7.51. The van der Waals surface area contributed by atoms with E-state index in [1.165, 1.54) is 11.3 Å². The molecule has 1 fully saturated rings. The molecule has 1 aliphatic heterocycles. The number of imidazole rings is 1. The van der Waals surface area contributed by atoms with Crippen LogP contribution >= 0.6 is 11.3 Å². The van der Waals surface area contributed by atoms with Crippen LogP contribution in [0.1, 0.15) is 18.9 Å². The lowest BCUT2D eigenvalue weighted by Gasteiger charge is -2.31. The number of sulfonamides is 1. The molecule has 3 aromatic heterocycles. The third kappa shape index (κ3) is 2.56. The second-order valence-corrected chi connectivity index (χ2v) is 8.68. The van der Waals surface area contributed by atoms with Crippen molar-refractivity contribution in [2.24, 2.45) is 0 Å². The van der Waals surface area contributed by atoms with Gasteiger partial charge in [0.05, 0.1) is 6.33 Å². The minimum Gasteiger partial charge on any atom is -0.312 e. The first-order valence-electron chi connectivity index (χ1n) is 7.47. The molecule has 1 aliphatic rings. The number of hydrogen-bond acceptors (Lipinski definition) is 5. The summed E-state index contributed by atoms with van der Waals surface area (Å²) in [7, 11) is -3.34. The molecule has 23 heavy (non-hydrogen) atoms. The second kappa shape index (κ2) is 5.70. The third-order valence-electron chi connectivity index (χ3n) is 4.24. The van der Waals surface area contributed by atoms with Gasteiger partial charge in [0.2, 0.25) is 0 Å². The van der Waals surface area contributed by atoms with E-state index >= 15 is 0 Å². The highest BCUT2D eigenvalue weighted by Crippen LogP contribution is 2.29. The van der Waals surface area contributed by atoms with Crippen LogP contribution in [0.3, 0.4) is 0 Å². The molecule has 0 unspecified atom stereocenters. The first kappa shape index (κ1) is 14.8. The van der Waals surface area contributed by atoms with Crippen molar-refractivity contribution < 1.29 is 8.42 Å². The summed E-state index contributed by atoms with van der Waals surface area (Å²) in [5.74, 6) is 0. The molecule has 4 heterocycles. The molecule has 0 radical (unpaired) electrons. The summed E-state index contributed by atoms with van der Waals surface area (Å²) < 4.78 is 29.2. The van der Waals surface area contributed by atoms with Crippen molar-refractivity contribution in [1.29, 1.82) is 0 Å². The average Bonchev–Trinajstić information content (AvgIpc) is 3.25. The molecule has 8 heteroatoms. The van der Waals surface area contributed by atoms with E-state index in [0.717, 1.165) is 24.0 Å². The van der Waals surface area contributed by atoms with Gasteiger partial charge in [0.1, 0.15) is 9.73 Å². The monoisotopic (exact) mass is 348 g/mol. The number of thiophene rings is 1. The predicted octanol–water partition coefficient (Wildman–Crippen LogP) is 2.52. The van der Waals surface area contributed by atoms with E-state index in [-0.39, 0.29) is 6.04 Å². The van der Waals surface area contributed by atoms with Crippen molar-refractivity contribution in [1.82, 2.24) is 18.8 Å². The van der Waals surface area contributed by atoms with E-state index in [1.807, 2.05) is 18.5 Å². The molecule has 0 amide bonds. The number of piperidine rings is 1. The van der Waals surface area contributed by atoms with Crippen molar-refractivity contribution in [3.05, 3.63) is 42.2 Å². The summed E-state index contributed by atoms with van der Waals surface area (Å²) >= 11 is 1.27. The minimum atomic E-state index is -3.34. The van der Waals surface area contributed by atoms with E-state index in [4.69, 9.17) is 0 Å². The Balaban J connectivity index is 1.53. The molecule has 120 valence electrons. The second-order valence-electron chi connectivity index (χ2n) is 5.57. The summed E-state index contributed by atoms with van der Waals surface area (Å²) in [6.07, 6.45) is 5.11. The summed E-state index contributed by atoms with van der Waals surface area (Å²) in [6, 6.07) is 7.49. The zero-order valence-electron chi connectivity index (χ0n) is 12.4. The van der Waals surface area contributed by atoms with Crippen molar-refractivity contribution >= 4 is 32.5 Å². The molecule has 1 saturated heterocycles. The Bertz CT molecular complexity index is 910. The first-order chi connectivity index (χ1) is 11.2. The fourth-order valence-corrected chi connectivity index (χ4v) is 5.65. The smallest absolute Gasteiger partial charge is 0.252 e. The van der Waals surface area contributed by atoms with Crippen LogP contribution in [-0.2, 0) is 10.0 Å². The standard InChI is InChI=1S/C15H16N4O2S2/c20-23(21,14-4-2-10-22-14)18-8-5-12(6-9-18)19-11-17-13-3-1-7-16-15(13)19/h1-4,7,10-12H,5-6,8-9H2. The SMILES string of the molecule is O=S(=O)(c1cccs1)N1CCC(n2cnc3cccnc32)CC1. The van der Waals surface area contributed by atoms with Crippen LogP contribution in [0.25, 0.3) is 11.2 Å². The van der Waals surface area contributed by atoms with Gasteiger partial charge in [0.15, 0.2) is 5.65 Å². The van der Waals surface area contributed by atoms with Crippen molar-refractivity contribution in [3.8, 4) is 0 Å². The molecule has 0 saturated carbocycles. The Morgan fingerprint density at radius 2 is 1.96 bits per heavy atom. The highest BCUT2D eigenvalue weighted by atomic mass is 32.2. The van der Waals surface area contributed by atoms with Crippen LogP contribution in [-0.4, -0.2) is 40.3 Å². The normalized spacial score (nSPS) is 17.7. The number of fused-ring (bicyclic) bond motifs is 1. The molecule has 0 atom stereocenters. The molecule has 6 nitrogen and oxygen atoms in total. The zero-order valence-corrected chi connectivity index (χ0v) is 14.0. The maximum absolute atomic E-state index is 12.6. The summed E-state index contributed by atoms with van der Waals surface area (Å²) in [4.78, 5) is 8.77. The van der Waals surface area contributed by atoms with Gasteiger partial charge in [-0.05, 0) is 36.4 Å². The summed E-state index contributed by atoms with van der Waals surface area (Å²) in [5.41, 5.74) is 1.74. The zero-order chi connectivity index (χ0) is 15.9. The Kier molecular flexibility index (Phi) is 3.67. The summed E-state index contributed by atoms with van der Waals surface area (Å²) in [6.45, 7) is 1.05. The van der Waals surface area contributed by atoms with Crippen LogP contribution in [0.15, 0.2) is 46.4 Å². The molecular weight excluding hydrogens is 332 g/mol. The van der Waals surface area contributed by atoms with Crippen LogP contribution in [0, 0.1) is 0 Å². The van der Waals surface area contributed by atoms with E-state index in [0.29, 0.717) is 17.3 Å². The van der Waals surface area contributed by atoms with E-state index in [9.17, 15) is 8.42 Å². The topological polar surface area (TPSA) is 68.1 Å².